The Bertz CT molecular complexity index is 816. The first-order valence-electron chi connectivity index (χ1n) is 9.20. The van der Waals surface area contributed by atoms with E-state index in [4.69, 9.17) is 11.6 Å². The first kappa shape index (κ1) is 12.9. The van der Waals surface area contributed by atoms with Crippen molar-refractivity contribution in [2.45, 2.75) is 24.7 Å². The highest BCUT2D eigenvalue weighted by atomic mass is 32.2. The third kappa shape index (κ3) is 6.74. The first-order chi connectivity index (χ1) is 13.4. The third-order valence-corrected chi connectivity index (χ3v) is 3.56. The molecule has 0 fully saturated rings. The molecule has 2 amide bonds. The van der Waals surface area contributed by atoms with Crippen molar-refractivity contribution < 1.29 is 31.1 Å². The molecule has 1 rings (SSSR count). The van der Waals surface area contributed by atoms with Gasteiger partial charge >= 0.3 is 5.97 Å². The van der Waals surface area contributed by atoms with Crippen molar-refractivity contribution in [2.75, 3.05) is 17.7 Å². The van der Waals surface area contributed by atoms with E-state index in [1.165, 1.54) is 13.0 Å². The maximum absolute atomic E-state index is 12.0. The van der Waals surface area contributed by atoms with Gasteiger partial charge in [-0.2, -0.15) is 0 Å². The van der Waals surface area contributed by atoms with Gasteiger partial charge in [-0.1, -0.05) is 12.7 Å². The Morgan fingerprint density at radius 2 is 2.29 bits per heavy atom. The summed E-state index contributed by atoms with van der Waals surface area (Å²) in [5.41, 5.74) is -0.406. The van der Waals surface area contributed by atoms with Crippen molar-refractivity contribution in [2.24, 2.45) is 0 Å². The molecule has 24 heavy (non-hydrogen) atoms. The fraction of sp³-hybridized carbons (Fsp3) is 0.312. The summed E-state index contributed by atoms with van der Waals surface area (Å²) in [5, 5.41) is 14.4. The standard InChI is InChI=1S/C16H20N2O5S/c1-4-7-23-16(22)13(18-11(3)20)9-24-15-8-12(17-10(2)19)5-6-14(15)21/h4-6,8,13,21H,1,7,9H2,2-3H3,(H,17,19)(H,18,20)/t13-/m1/s1/i2D3,5D,8D. The number of thioether (sulfide) groups is 1. The van der Waals surface area contributed by atoms with Gasteiger partial charge in [-0.15, -0.1) is 11.8 Å². The maximum Gasteiger partial charge on any atom is 0.329 e. The molecule has 130 valence electrons. The molecule has 0 bridgehead atoms. The summed E-state index contributed by atoms with van der Waals surface area (Å²) in [6, 6.07) is -1.14. The zero-order chi connectivity index (χ0) is 22.4. The van der Waals surface area contributed by atoms with Gasteiger partial charge in [0.25, 0.3) is 0 Å². The van der Waals surface area contributed by atoms with Crippen molar-refractivity contribution in [3.8, 4) is 5.75 Å². The van der Waals surface area contributed by atoms with Crippen LogP contribution in [0.3, 0.4) is 0 Å². The van der Waals surface area contributed by atoms with Crippen molar-refractivity contribution >= 4 is 35.2 Å². The molecule has 0 aliphatic carbocycles. The van der Waals surface area contributed by atoms with E-state index in [1.807, 2.05) is 5.32 Å². The summed E-state index contributed by atoms with van der Waals surface area (Å²) < 4.78 is 42.0. The first-order valence-corrected chi connectivity index (χ1v) is 7.69. The Kier molecular flexibility index (Phi) is 5.16. The number of anilines is 1. The Morgan fingerprint density at radius 3 is 2.92 bits per heavy atom. The quantitative estimate of drug-likeness (QED) is 0.283. The van der Waals surface area contributed by atoms with Gasteiger partial charge in [0.05, 0.1) is 7.64 Å². The number of phenols is 1. The molecule has 0 unspecified atom stereocenters. The summed E-state index contributed by atoms with van der Waals surface area (Å²) in [4.78, 5) is 34.9. The van der Waals surface area contributed by atoms with Crippen LogP contribution in [-0.4, -0.2) is 41.3 Å². The van der Waals surface area contributed by atoms with Gasteiger partial charge < -0.3 is 20.5 Å². The van der Waals surface area contributed by atoms with Crippen LogP contribution in [0.2, 0.25) is 0 Å². The highest BCUT2D eigenvalue weighted by Crippen LogP contribution is 2.31. The molecule has 1 aromatic rings. The smallest absolute Gasteiger partial charge is 0.329 e. The van der Waals surface area contributed by atoms with E-state index in [9.17, 15) is 19.5 Å². The molecular formula is C16H20N2O5S. The van der Waals surface area contributed by atoms with E-state index >= 15 is 0 Å². The van der Waals surface area contributed by atoms with Crippen LogP contribution < -0.4 is 10.6 Å². The largest absolute Gasteiger partial charge is 0.507 e. The average Bonchev–Trinajstić information content (AvgIpc) is 2.60. The van der Waals surface area contributed by atoms with Gasteiger partial charge in [-0.3, -0.25) is 9.59 Å². The van der Waals surface area contributed by atoms with E-state index in [1.54, 1.807) is 0 Å². The minimum Gasteiger partial charge on any atom is -0.507 e. The van der Waals surface area contributed by atoms with Gasteiger partial charge in [0, 0.05) is 29.3 Å². The number of phenolic OH excluding ortho intramolecular Hbond substituents is 1. The molecule has 0 aliphatic heterocycles. The lowest BCUT2D eigenvalue weighted by Crippen LogP contribution is -2.42. The Hall–Kier alpha value is -2.48. The second kappa shape index (κ2) is 9.61. The van der Waals surface area contributed by atoms with Gasteiger partial charge in [0.1, 0.15) is 18.4 Å². The summed E-state index contributed by atoms with van der Waals surface area (Å²) >= 11 is 0.789. The number of rotatable bonds is 8. The van der Waals surface area contributed by atoms with Crippen LogP contribution in [0.15, 0.2) is 35.7 Å². The number of carbonyl (C=O) groups excluding carboxylic acids is 3. The van der Waals surface area contributed by atoms with Crippen LogP contribution in [0.1, 0.15) is 20.6 Å². The number of hydrogen-bond acceptors (Lipinski definition) is 6. The number of esters is 1. The second-order valence-electron chi connectivity index (χ2n) is 4.44. The van der Waals surface area contributed by atoms with E-state index in [-0.39, 0.29) is 17.3 Å². The van der Waals surface area contributed by atoms with Crippen LogP contribution >= 0.6 is 11.8 Å². The summed E-state index contributed by atoms with van der Waals surface area (Å²) in [6.07, 6.45) is 1.34. The van der Waals surface area contributed by atoms with Gasteiger partial charge in [0.15, 0.2) is 0 Å². The lowest BCUT2D eigenvalue weighted by molar-refractivity contribution is -0.145. The molecule has 0 aliphatic rings. The lowest BCUT2D eigenvalue weighted by Gasteiger charge is -2.16. The Morgan fingerprint density at radius 1 is 1.54 bits per heavy atom. The number of carbonyl (C=O) groups is 3. The number of ether oxygens (including phenoxy) is 1. The van der Waals surface area contributed by atoms with Crippen LogP contribution in [0.5, 0.6) is 5.75 Å². The Balaban J connectivity index is 3.11. The zero-order valence-corrected chi connectivity index (χ0v) is 13.7. The summed E-state index contributed by atoms with van der Waals surface area (Å²) in [7, 11) is 0. The van der Waals surface area contributed by atoms with Crippen molar-refractivity contribution in [3.63, 3.8) is 0 Å². The number of hydrogen-bond donors (Lipinski definition) is 3. The van der Waals surface area contributed by atoms with E-state index in [0.717, 1.165) is 17.8 Å². The van der Waals surface area contributed by atoms with Crippen LogP contribution in [0.4, 0.5) is 5.69 Å². The number of amides is 2. The van der Waals surface area contributed by atoms with E-state index < -0.39 is 54.2 Å². The van der Waals surface area contributed by atoms with E-state index in [2.05, 4.69) is 11.9 Å². The number of aromatic hydroxyl groups is 1. The summed E-state index contributed by atoms with van der Waals surface area (Å²) in [6.45, 7) is 1.54. The van der Waals surface area contributed by atoms with Gasteiger partial charge in [0.2, 0.25) is 11.8 Å². The second-order valence-corrected chi connectivity index (χ2v) is 5.47. The Labute approximate surface area is 151 Å². The molecule has 1 atom stereocenters. The molecular weight excluding hydrogens is 332 g/mol. The van der Waals surface area contributed by atoms with Crippen molar-refractivity contribution in [1.29, 1.82) is 0 Å². The molecule has 1 aromatic carbocycles. The SMILES string of the molecule is [2H]c1cc(O)c(SC[C@@H](NC(C)=O)C(=O)OCC=C)c([2H])c1NC(=O)C([2H])([2H])[2H]. The monoisotopic (exact) mass is 357 g/mol. The molecule has 0 saturated carbocycles. The minimum absolute atomic E-state index is 0.0760. The van der Waals surface area contributed by atoms with Crippen molar-refractivity contribution in [1.82, 2.24) is 5.32 Å². The highest BCUT2D eigenvalue weighted by molar-refractivity contribution is 7.99. The molecule has 0 aromatic heterocycles. The van der Waals surface area contributed by atoms with Crippen LogP contribution in [0.25, 0.3) is 0 Å². The van der Waals surface area contributed by atoms with Gasteiger partial charge in [-0.25, -0.2) is 4.79 Å². The van der Waals surface area contributed by atoms with Gasteiger partial charge in [-0.05, 0) is 18.2 Å². The molecule has 0 radical (unpaired) electrons. The summed E-state index contributed by atoms with van der Waals surface area (Å²) in [5.74, 6) is -3.26. The fourth-order valence-corrected chi connectivity index (χ4v) is 2.47. The minimum atomic E-state index is -2.99. The molecule has 0 saturated heterocycles. The molecule has 7 nitrogen and oxygen atoms in total. The molecule has 3 N–H and O–H groups in total. The van der Waals surface area contributed by atoms with Crippen molar-refractivity contribution in [3.05, 3.63) is 30.8 Å². The zero-order valence-electron chi connectivity index (χ0n) is 17.8. The topological polar surface area (TPSA) is 105 Å². The average molecular weight is 357 g/mol. The maximum atomic E-state index is 12.0. The number of nitrogens with one attached hydrogen (secondary N) is 2. The third-order valence-electron chi connectivity index (χ3n) is 2.46. The van der Waals surface area contributed by atoms with E-state index in [0.29, 0.717) is 0 Å². The fourth-order valence-electron chi connectivity index (χ4n) is 1.53. The normalized spacial score (nSPS) is 14.8. The molecule has 0 spiro atoms. The lowest BCUT2D eigenvalue weighted by atomic mass is 10.3. The van der Waals surface area contributed by atoms with Crippen LogP contribution in [0, 0.1) is 0 Å². The predicted octanol–water partition coefficient (Wildman–Crippen LogP) is 1.68. The molecule has 8 heteroatoms. The van der Waals surface area contributed by atoms with Crippen LogP contribution in [-0.2, 0) is 19.1 Å². The highest BCUT2D eigenvalue weighted by Gasteiger charge is 2.21. The molecule has 0 heterocycles. The number of benzene rings is 1. The predicted molar refractivity (Wildman–Crippen MR) is 91.9 cm³/mol.